The Morgan fingerprint density at radius 3 is 2.17 bits per heavy atom. The summed E-state index contributed by atoms with van der Waals surface area (Å²) in [6.45, 7) is 6.03. The molecule has 0 atom stereocenters. The highest BCUT2D eigenvalue weighted by atomic mass is 16.6. The second kappa shape index (κ2) is 8.34. The van der Waals surface area contributed by atoms with Crippen LogP contribution in [0, 0.1) is 6.92 Å². The molecule has 4 aromatic rings. The number of aryl methyl sites for hydroxylation is 1. The van der Waals surface area contributed by atoms with Crippen molar-refractivity contribution in [1.29, 1.82) is 0 Å². The van der Waals surface area contributed by atoms with E-state index >= 15 is 0 Å². The van der Waals surface area contributed by atoms with E-state index in [1.54, 1.807) is 13.8 Å². The van der Waals surface area contributed by atoms with Crippen molar-refractivity contribution in [3.8, 4) is 22.3 Å². The Bertz CT molecular complexity index is 1530. The van der Waals surface area contributed by atoms with Gasteiger partial charge in [-0.15, -0.1) is 0 Å². The highest BCUT2D eigenvalue weighted by molar-refractivity contribution is 6.19. The van der Waals surface area contributed by atoms with E-state index < -0.39 is 17.4 Å². The molecule has 0 radical (unpaired) electrons. The summed E-state index contributed by atoms with van der Waals surface area (Å²) in [5.74, 6) is -1.05. The molecule has 0 spiro atoms. The van der Waals surface area contributed by atoms with Crippen LogP contribution in [0.2, 0.25) is 0 Å². The summed E-state index contributed by atoms with van der Waals surface area (Å²) in [4.78, 5) is 27.5. The number of esters is 2. The fraction of sp³-hybridized carbons (Fsp3) is 0.250. The summed E-state index contributed by atoms with van der Waals surface area (Å²) in [5.41, 5.74) is 8.21. The minimum absolute atomic E-state index is 0.198. The molecule has 0 amide bonds. The van der Waals surface area contributed by atoms with Crippen molar-refractivity contribution in [2.24, 2.45) is 0 Å². The molecule has 0 saturated heterocycles. The maximum atomic E-state index is 13.7. The van der Waals surface area contributed by atoms with Crippen molar-refractivity contribution in [3.63, 3.8) is 0 Å². The van der Waals surface area contributed by atoms with Crippen LogP contribution in [0.25, 0.3) is 33.0 Å². The predicted octanol–water partition coefficient (Wildman–Crippen LogP) is 6.31. The van der Waals surface area contributed by atoms with E-state index in [0.29, 0.717) is 6.42 Å². The SMILES string of the molecule is CCOC(=O)C1(C(=O)OCC)Cc2cccc3c(-c4ccc(C)cc4)c4c(c1c23)Cc1ccccc1-4. The van der Waals surface area contributed by atoms with Crippen molar-refractivity contribution < 1.29 is 19.1 Å². The smallest absolute Gasteiger partial charge is 0.328 e. The van der Waals surface area contributed by atoms with E-state index in [4.69, 9.17) is 9.47 Å². The number of carbonyl (C=O) groups is 2. The molecule has 2 aliphatic carbocycles. The molecule has 0 saturated carbocycles. The fourth-order valence-electron chi connectivity index (χ4n) is 6.20. The third-order valence-electron chi connectivity index (χ3n) is 7.65. The van der Waals surface area contributed by atoms with E-state index in [-0.39, 0.29) is 19.6 Å². The molecule has 4 nitrogen and oxygen atoms in total. The van der Waals surface area contributed by atoms with Crippen LogP contribution in [0.5, 0.6) is 0 Å². The average molecular weight is 477 g/mol. The molecule has 180 valence electrons. The summed E-state index contributed by atoms with van der Waals surface area (Å²) in [6.07, 6.45) is 0.905. The Balaban J connectivity index is 1.78. The van der Waals surface area contributed by atoms with Crippen molar-refractivity contribution >= 4 is 22.7 Å². The van der Waals surface area contributed by atoms with Gasteiger partial charge in [0.05, 0.1) is 13.2 Å². The molecular formula is C32H28O4. The summed E-state index contributed by atoms with van der Waals surface area (Å²) >= 11 is 0. The van der Waals surface area contributed by atoms with Crippen molar-refractivity contribution in [3.05, 3.63) is 94.5 Å². The molecule has 0 N–H and O–H groups in total. The Morgan fingerprint density at radius 1 is 0.806 bits per heavy atom. The molecule has 2 aliphatic rings. The first-order valence-corrected chi connectivity index (χ1v) is 12.6. The van der Waals surface area contributed by atoms with Crippen LogP contribution in [0.3, 0.4) is 0 Å². The van der Waals surface area contributed by atoms with Gasteiger partial charge in [0.15, 0.2) is 5.41 Å². The molecule has 0 aromatic heterocycles. The molecule has 6 rings (SSSR count). The molecule has 0 fully saturated rings. The van der Waals surface area contributed by atoms with Gasteiger partial charge in [-0.05, 0) is 82.5 Å². The van der Waals surface area contributed by atoms with Gasteiger partial charge in [0.2, 0.25) is 0 Å². The number of carbonyl (C=O) groups excluding carboxylic acids is 2. The molecule has 0 unspecified atom stereocenters. The predicted molar refractivity (Wildman–Crippen MR) is 141 cm³/mol. The largest absolute Gasteiger partial charge is 0.465 e. The van der Waals surface area contributed by atoms with Crippen LogP contribution < -0.4 is 0 Å². The lowest BCUT2D eigenvalue weighted by molar-refractivity contribution is -0.164. The van der Waals surface area contributed by atoms with Crippen molar-refractivity contribution in [2.45, 2.75) is 39.0 Å². The van der Waals surface area contributed by atoms with Gasteiger partial charge >= 0.3 is 11.9 Å². The van der Waals surface area contributed by atoms with Crippen LogP contribution in [-0.2, 0) is 37.3 Å². The van der Waals surface area contributed by atoms with Gasteiger partial charge < -0.3 is 9.47 Å². The van der Waals surface area contributed by atoms with E-state index in [0.717, 1.165) is 49.7 Å². The minimum atomic E-state index is -1.51. The summed E-state index contributed by atoms with van der Waals surface area (Å²) in [5, 5.41) is 2.04. The zero-order valence-corrected chi connectivity index (χ0v) is 20.8. The standard InChI is InChI=1S/C32H28O4/c1-4-35-30(33)32(31(34)36-5-2)18-22-10-8-12-24-26(20-15-13-19(3)14-16-20)28-23-11-7-6-9-21(23)17-25(28)29(32)27(22)24/h6-16H,4-5,17-18H2,1-3H3. The first-order chi connectivity index (χ1) is 17.5. The normalized spacial score (nSPS) is 14.4. The van der Waals surface area contributed by atoms with Crippen molar-refractivity contribution in [1.82, 2.24) is 0 Å². The van der Waals surface area contributed by atoms with E-state index in [2.05, 4.69) is 55.5 Å². The quantitative estimate of drug-likeness (QED) is 0.220. The van der Waals surface area contributed by atoms with E-state index in [1.165, 1.54) is 11.1 Å². The van der Waals surface area contributed by atoms with Gasteiger partial charge in [-0.1, -0.05) is 72.3 Å². The maximum absolute atomic E-state index is 13.7. The lowest BCUT2D eigenvalue weighted by Gasteiger charge is -2.28. The third-order valence-corrected chi connectivity index (χ3v) is 7.65. The van der Waals surface area contributed by atoms with Crippen molar-refractivity contribution in [2.75, 3.05) is 13.2 Å². The second-order valence-corrected chi connectivity index (χ2v) is 9.67. The molecule has 36 heavy (non-hydrogen) atoms. The number of benzene rings is 4. The molecule has 0 aliphatic heterocycles. The fourth-order valence-corrected chi connectivity index (χ4v) is 6.20. The van der Waals surface area contributed by atoms with E-state index in [1.807, 2.05) is 18.2 Å². The van der Waals surface area contributed by atoms with Gasteiger partial charge in [-0.3, -0.25) is 9.59 Å². The summed E-state index contributed by atoms with van der Waals surface area (Å²) < 4.78 is 11.2. The van der Waals surface area contributed by atoms with Gasteiger partial charge in [0.1, 0.15) is 0 Å². The number of rotatable bonds is 5. The van der Waals surface area contributed by atoms with Crippen LogP contribution in [0.4, 0.5) is 0 Å². The Hall–Kier alpha value is -3.92. The highest BCUT2D eigenvalue weighted by Gasteiger charge is 2.57. The molecular weight excluding hydrogens is 448 g/mol. The van der Waals surface area contributed by atoms with Crippen LogP contribution in [-0.4, -0.2) is 25.2 Å². The molecule has 0 bridgehead atoms. The monoisotopic (exact) mass is 476 g/mol. The minimum Gasteiger partial charge on any atom is -0.465 e. The number of ether oxygens (including phenoxy) is 2. The number of hydrogen-bond donors (Lipinski definition) is 0. The maximum Gasteiger partial charge on any atom is 0.328 e. The van der Waals surface area contributed by atoms with Gasteiger partial charge in [0, 0.05) is 6.42 Å². The van der Waals surface area contributed by atoms with Gasteiger partial charge in [-0.2, -0.15) is 0 Å². The van der Waals surface area contributed by atoms with Gasteiger partial charge in [0.25, 0.3) is 0 Å². The summed E-state index contributed by atoms with van der Waals surface area (Å²) in [6, 6.07) is 23.1. The molecule has 0 heterocycles. The molecule has 4 aromatic carbocycles. The highest BCUT2D eigenvalue weighted by Crippen LogP contribution is 2.56. The van der Waals surface area contributed by atoms with Crippen LogP contribution in [0.1, 0.15) is 41.7 Å². The number of fused-ring (bicyclic) bond motifs is 4. The number of hydrogen-bond acceptors (Lipinski definition) is 4. The zero-order chi connectivity index (χ0) is 25.0. The van der Waals surface area contributed by atoms with E-state index in [9.17, 15) is 9.59 Å². The third kappa shape index (κ3) is 3.00. The Morgan fingerprint density at radius 2 is 1.47 bits per heavy atom. The Labute approximate surface area is 210 Å². The lowest BCUT2D eigenvalue weighted by Crippen LogP contribution is -2.46. The molecule has 4 heteroatoms. The summed E-state index contributed by atoms with van der Waals surface area (Å²) in [7, 11) is 0. The Kier molecular flexibility index (Phi) is 5.22. The van der Waals surface area contributed by atoms with Crippen LogP contribution in [0.15, 0.2) is 66.7 Å². The first kappa shape index (κ1) is 22.5. The topological polar surface area (TPSA) is 52.6 Å². The van der Waals surface area contributed by atoms with Crippen LogP contribution >= 0.6 is 0 Å². The van der Waals surface area contributed by atoms with Gasteiger partial charge in [-0.25, -0.2) is 0 Å². The zero-order valence-electron chi connectivity index (χ0n) is 20.8. The second-order valence-electron chi connectivity index (χ2n) is 9.67. The average Bonchev–Trinajstić information content (AvgIpc) is 3.44. The lowest BCUT2D eigenvalue weighted by atomic mass is 9.76. The first-order valence-electron chi connectivity index (χ1n) is 12.6.